The smallest absolute Gasteiger partial charge is 0.239 e. The number of fused-ring (bicyclic) bond motifs is 2. The maximum atomic E-state index is 13.3. The van der Waals surface area contributed by atoms with Crippen LogP contribution in [0.4, 0.5) is 0 Å². The normalized spacial score (nSPS) is 19.9. The van der Waals surface area contributed by atoms with E-state index in [1.807, 2.05) is 0 Å². The van der Waals surface area contributed by atoms with Gasteiger partial charge in [0.05, 0.1) is 13.7 Å². The quantitative estimate of drug-likeness (QED) is 0.101. The van der Waals surface area contributed by atoms with E-state index in [4.69, 9.17) is 27.8 Å². The lowest BCUT2D eigenvalue weighted by atomic mass is 9.99. The molecule has 6 aromatic rings. The topological polar surface area (TPSA) is 279 Å². The Kier molecular flexibility index (Phi) is 9.17. The zero-order valence-corrected chi connectivity index (χ0v) is 27.7. The van der Waals surface area contributed by atoms with Gasteiger partial charge >= 0.3 is 0 Å². The van der Waals surface area contributed by atoms with Crippen LogP contribution >= 0.6 is 0 Å². The van der Waals surface area contributed by atoms with Gasteiger partial charge in [0.25, 0.3) is 0 Å². The van der Waals surface area contributed by atoms with Crippen LogP contribution in [0.25, 0.3) is 44.6 Å². The number of rotatable bonds is 8. The van der Waals surface area contributed by atoms with Crippen LogP contribution in [-0.2, 0) is 4.74 Å². The molecular formula is C37H30O17. The molecule has 0 aliphatic carbocycles. The second-order valence-electron chi connectivity index (χ2n) is 12.2. The van der Waals surface area contributed by atoms with Crippen molar-refractivity contribution >= 4 is 21.9 Å². The molecule has 0 unspecified atom stereocenters. The number of phenols is 5. The predicted molar refractivity (Wildman–Crippen MR) is 185 cm³/mol. The van der Waals surface area contributed by atoms with Gasteiger partial charge < -0.3 is 73.7 Å². The van der Waals surface area contributed by atoms with Crippen LogP contribution in [-0.4, -0.2) is 90.4 Å². The Morgan fingerprint density at radius 2 is 1.33 bits per heavy atom. The Morgan fingerprint density at radius 1 is 0.667 bits per heavy atom. The molecule has 0 bridgehead atoms. The molecule has 1 aliphatic heterocycles. The summed E-state index contributed by atoms with van der Waals surface area (Å²) in [4.78, 5) is 26.5. The SMILES string of the molecule is COc1c(-c2ccc(O)c(O)c2)oc2cc(Oc3cc(-c4cc(=O)c5c(O)cc(O[C@@H]6O[C@H](CO)[C@@H](O)[C@H](O)[C@H]6O)cc5o4)ccc3O)cc(O)c2c1=O. The fraction of sp³-hybridized carbons (Fsp3) is 0.189. The number of aliphatic hydroxyl groups is 4. The monoisotopic (exact) mass is 746 g/mol. The minimum atomic E-state index is -1.76. The third-order valence-electron chi connectivity index (χ3n) is 8.70. The first-order valence-electron chi connectivity index (χ1n) is 16.0. The fourth-order valence-electron chi connectivity index (χ4n) is 5.99. The average Bonchev–Trinajstić information content (AvgIpc) is 3.13. The summed E-state index contributed by atoms with van der Waals surface area (Å²) in [5.74, 6) is -3.39. The molecular weight excluding hydrogens is 716 g/mol. The molecule has 0 saturated carbocycles. The zero-order valence-electron chi connectivity index (χ0n) is 27.7. The minimum absolute atomic E-state index is 0.0667. The van der Waals surface area contributed by atoms with E-state index in [0.29, 0.717) is 0 Å². The molecule has 280 valence electrons. The summed E-state index contributed by atoms with van der Waals surface area (Å²) in [6, 6.07) is 13.3. The Labute approximate surface area is 301 Å². The van der Waals surface area contributed by atoms with Crippen molar-refractivity contribution in [1.82, 2.24) is 0 Å². The predicted octanol–water partition coefficient (Wildman–Crippen LogP) is 2.74. The van der Waals surface area contributed by atoms with Crippen molar-refractivity contribution in [1.29, 1.82) is 0 Å². The van der Waals surface area contributed by atoms with E-state index in [2.05, 4.69) is 0 Å². The van der Waals surface area contributed by atoms with Crippen molar-refractivity contribution in [2.45, 2.75) is 30.7 Å². The van der Waals surface area contributed by atoms with E-state index in [-0.39, 0.29) is 73.3 Å². The van der Waals surface area contributed by atoms with Crippen LogP contribution in [0.15, 0.2) is 85.2 Å². The lowest BCUT2D eigenvalue weighted by molar-refractivity contribution is -0.277. The standard InChI is InChI=1S/C37H30O17/c1-49-36-32(46)30-22(43)8-16(10-27(30)53-35(36)15-3-4-18(39)20(41)6-15)50-25-7-14(2-5-19(25)40)24-12-23(44)29-21(42)9-17(11-26(29)52-24)51-37-34(48)33(47)31(45)28(13-38)54-37/h2-12,28,31,33-34,37-43,45,47-48H,13H2,1H3/t28-,31-,33+,34-,37-/m1/s1. The minimum Gasteiger partial charge on any atom is -0.507 e. The number of hydrogen-bond acceptors (Lipinski definition) is 17. The van der Waals surface area contributed by atoms with Gasteiger partial charge in [-0.3, -0.25) is 9.59 Å². The summed E-state index contributed by atoms with van der Waals surface area (Å²) in [7, 11) is 1.21. The number of hydrogen-bond donors (Lipinski definition) is 9. The highest BCUT2D eigenvalue weighted by atomic mass is 16.7. The van der Waals surface area contributed by atoms with Gasteiger partial charge in [0, 0.05) is 41.5 Å². The van der Waals surface area contributed by atoms with E-state index in [9.17, 15) is 55.5 Å². The molecule has 54 heavy (non-hydrogen) atoms. The van der Waals surface area contributed by atoms with Gasteiger partial charge in [0.15, 0.2) is 34.2 Å². The number of aliphatic hydroxyl groups excluding tert-OH is 4. The Bertz CT molecular complexity index is 2540. The summed E-state index contributed by atoms with van der Waals surface area (Å²) in [5, 5.41) is 91.5. The average molecular weight is 747 g/mol. The highest BCUT2D eigenvalue weighted by Crippen LogP contribution is 2.41. The molecule has 9 N–H and O–H groups in total. The fourth-order valence-corrected chi connectivity index (χ4v) is 5.99. The second-order valence-corrected chi connectivity index (χ2v) is 12.2. The molecule has 17 nitrogen and oxygen atoms in total. The van der Waals surface area contributed by atoms with Crippen LogP contribution in [0.5, 0.6) is 51.7 Å². The Morgan fingerprint density at radius 3 is 2.06 bits per heavy atom. The van der Waals surface area contributed by atoms with Crippen LogP contribution in [0.1, 0.15) is 0 Å². The molecule has 0 radical (unpaired) electrons. The second kappa shape index (κ2) is 13.8. The van der Waals surface area contributed by atoms with E-state index in [1.54, 1.807) is 0 Å². The molecule has 1 saturated heterocycles. The number of ether oxygens (including phenoxy) is 4. The first-order valence-corrected chi connectivity index (χ1v) is 16.0. The maximum absolute atomic E-state index is 13.3. The number of benzene rings is 4. The van der Waals surface area contributed by atoms with Crippen LogP contribution in [0, 0.1) is 0 Å². The molecule has 1 aliphatic rings. The highest BCUT2D eigenvalue weighted by Gasteiger charge is 2.44. The van der Waals surface area contributed by atoms with Gasteiger partial charge in [-0.15, -0.1) is 0 Å². The van der Waals surface area contributed by atoms with E-state index < -0.39 is 71.2 Å². The molecule has 7 rings (SSSR count). The van der Waals surface area contributed by atoms with Crippen molar-refractivity contribution in [2.75, 3.05) is 13.7 Å². The van der Waals surface area contributed by atoms with Crippen molar-refractivity contribution in [3.05, 3.63) is 87.2 Å². The summed E-state index contributed by atoms with van der Waals surface area (Å²) in [6.07, 6.45) is -7.98. The lowest BCUT2D eigenvalue weighted by Gasteiger charge is -2.39. The summed E-state index contributed by atoms with van der Waals surface area (Å²) < 4.78 is 33.9. The highest BCUT2D eigenvalue weighted by molar-refractivity contribution is 5.89. The van der Waals surface area contributed by atoms with Crippen molar-refractivity contribution < 1.29 is 73.7 Å². The molecule has 0 spiro atoms. The van der Waals surface area contributed by atoms with E-state index in [0.717, 1.165) is 24.3 Å². The Hall–Kier alpha value is -6.50. The largest absolute Gasteiger partial charge is 0.507 e. The van der Waals surface area contributed by atoms with Gasteiger partial charge in [0.2, 0.25) is 17.5 Å². The molecule has 4 aromatic carbocycles. The van der Waals surface area contributed by atoms with Crippen molar-refractivity contribution in [3.8, 4) is 74.4 Å². The molecule has 5 atom stereocenters. The van der Waals surface area contributed by atoms with E-state index >= 15 is 0 Å². The van der Waals surface area contributed by atoms with Gasteiger partial charge in [-0.1, -0.05) is 0 Å². The van der Waals surface area contributed by atoms with Gasteiger partial charge in [0.1, 0.15) is 75.1 Å². The molecule has 17 heteroatoms. The van der Waals surface area contributed by atoms with Crippen molar-refractivity contribution in [2.24, 2.45) is 0 Å². The van der Waals surface area contributed by atoms with Crippen LogP contribution in [0.2, 0.25) is 0 Å². The summed E-state index contributed by atoms with van der Waals surface area (Å²) >= 11 is 0. The van der Waals surface area contributed by atoms with Gasteiger partial charge in [-0.2, -0.15) is 0 Å². The first kappa shape index (κ1) is 35.9. The van der Waals surface area contributed by atoms with Gasteiger partial charge in [-0.25, -0.2) is 0 Å². The Balaban J connectivity index is 1.23. The number of aromatic hydroxyl groups is 5. The lowest BCUT2D eigenvalue weighted by Crippen LogP contribution is -2.60. The number of methoxy groups -OCH3 is 1. The molecule has 1 fully saturated rings. The third kappa shape index (κ3) is 6.31. The molecule has 3 heterocycles. The summed E-state index contributed by atoms with van der Waals surface area (Å²) in [6.45, 7) is -0.702. The van der Waals surface area contributed by atoms with Crippen LogP contribution < -0.4 is 25.1 Å². The van der Waals surface area contributed by atoms with Crippen molar-refractivity contribution in [3.63, 3.8) is 0 Å². The third-order valence-corrected chi connectivity index (χ3v) is 8.70. The van der Waals surface area contributed by atoms with Crippen LogP contribution in [0.3, 0.4) is 0 Å². The van der Waals surface area contributed by atoms with E-state index in [1.165, 1.54) is 49.6 Å². The molecule has 0 amide bonds. The maximum Gasteiger partial charge on any atom is 0.239 e. The zero-order chi connectivity index (χ0) is 38.6. The van der Waals surface area contributed by atoms with Gasteiger partial charge in [-0.05, 0) is 36.4 Å². The summed E-state index contributed by atoms with van der Waals surface area (Å²) in [5.41, 5.74) is -1.44. The number of phenolic OH excluding ortho intramolecular Hbond substituents is 5. The molecule has 2 aromatic heterocycles. The first-order chi connectivity index (χ1) is 25.8.